The second-order valence-corrected chi connectivity index (χ2v) is 8.56. The lowest BCUT2D eigenvalue weighted by molar-refractivity contribution is -0.133. The van der Waals surface area contributed by atoms with Crippen molar-refractivity contribution in [1.29, 1.82) is 0 Å². The van der Waals surface area contributed by atoms with Gasteiger partial charge < -0.3 is 9.64 Å². The van der Waals surface area contributed by atoms with Gasteiger partial charge in [0.25, 0.3) is 0 Å². The highest BCUT2D eigenvalue weighted by Crippen LogP contribution is 2.33. The van der Waals surface area contributed by atoms with Crippen molar-refractivity contribution < 1.29 is 17.9 Å². The maximum absolute atomic E-state index is 13.0. The van der Waals surface area contributed by atoms with Crippen LogP contribution in [-0.4, -0.2) is 38.4 Å². The van der Waals surface area contributed by atoms with Crippen LogP contribution < -0.4 is 9.46 Å². The zero-order chi connectivity index (χ0) is 20.1. The highest BCUT2D eigenvalue weighted by atomic mass is 32.2. The smallest absolute Gasteiger partial charge is 0.241 e. The van der Waals surface area contributed by atoms with Crippen molar-refractivity contribution in [3.8, 4) is 5.75 Å². The van der Waals surface area contributed by atoms with Crippen molar-refractivity contribution in [2.24, 2.45) is 0 Å². The molecule has 1 heterocycles. The summed E-state index contributed by atoms with van der Waals surface area (Å²) in [6.45, 7) is 4.75. The standard InChI is InChI=1S/C21H26N2O4S/c1-3-27-18-13-11-17(12-14-18)20-10-7-15-23(20)21(24)16(2)22-28(25,26)19-8-5-4-6-9-19/h4-6,8-9,11-14,16,20,22H,3,7,10,15H2,1-2H3/t16-,20?/m0/s1. The first-order valence-corrected chi connectivity index (χ1v) is 11.0. The fraction of sp³-hybridized carbons (Fsp3) is 0.381. The third-order valence-electron chi connectivity index (χ3n) is 4.87. The van der Waals surface area contributed by atoms with Gasteiger partial charge in [-0.2, -0.15) is 4.72 Å². The molecule has 0 saturated carbocycles. The topological polar surface area (TPSA) is 75.7 Å². The van der Waals surface area contributed by atoms with E-state index in [1.165, 1.54) is 12.1 Å². The van der Waals surface area contributed by atoms with Crippen molar-refractivity contribution in [3.05, 3.63) is 60.2 Å². The molecule has 1 N–H and O–H groups in total. The van der Waals surface area contributed by atoms with Gasteiger partial charge in [-0.05, 0) is 56.5 Å². The number of hydrogen-bond donors (Lipinski definition) is 1. The van der Waals surface area contributed by atoms with Crippen LogP contribution >= 0.6 is 0 Å². The second-order valence-electron chi connectivity index (χ2n) is 6.85. The molecule has 0 bridgehead atoms. The Bertz CT molecular complexity index is 898. The summed E-state index contributed by atoms with van der Waals surface area (Å²) in [7, 11) is -3.74. The minimum atomic E-state index is -3.74. The molecule has 3 rings (SSSR count). The van der Waals surface area contributed by atoms with E-state index in [0.29, 0.717) is 13.2 Å². The molecule has 1 fully saturated rings. The lowest BCUT2D eigenvalue weighted by atomic mass is 10.0. The van der Waals surface area contributed by atoms with Crippen molar-refractivity contribution in [2.45, 2.75) is 43.7 Å². The maximum atomic E-state index is 13.0. The molecule has 0 radical (unpaired) electrons. The predicted octanol–water partition coefficient (Wildman–Crippen LogP) is 3.12. The summed E-state index contributed by atoms with van der Waals surface area (Å²) >= 11 is 0. The first-order chi connectivity index (χ1) is 13.4. The van der Waals surface area contributed by atoms with E-state index in [9.17, 15) is 13.2 Å². The number of benzene rings is 2. The number of amides is 1. The number of carbonyl (C=O) groups excluding carboxylic acids is 1. The lowest BCUT2D eigenvalue weighted by Gasteiger charge is -2.28. The van der Waals surface area contributed by atoms with E-state index in [2.05, 4.69) is 4.72 Å². The van der Waals surface area contributed by atoms with Gasteiger partial charge in [0.1, 0.15) is 5.75 Å². The van der Waals surface area contributed by atoms with Crippen molar-refractivity contribution in [1.82, 2.24) is 9.62 Å². The number of carbonyl (C=O) groups is 1. The number of likely N-dealkylation sites (tertiary alicyclic amines) is 1. The van der Waals surface area contributed by atoms with Crippen LogP contribution in [0.3, 0.4) is 0 Å². The Balaban J connectivity index is 1.71. The zero-order valence-corrected chi connectivity index (χ0v) is 17.0. The molecule has 0 aromatic heterocycles. The summed E-state index contributed by atoms with van der Waals surface area (Å²) in [5.41, 5.74) is 1.03. The Kier molecular flexibility index (Phi) is 6.36. The summed E-state index contributed by atoms with van der Waals surface area (Å²) in [6.07, 6.45) is 1.75. The number of nitrogens with zero attached hydrogens (tertiary/aromatic N) is 1. The third-order valence-corrected chi connectivity index (χ3v) is 6.42. The van der Waals surface area contributed by atoms with Gasteiger partial charge in [0.15, 0.2) is 0 Å². The minimum Gasteiger partial charge on any atom is -0.494 e. The van der Waals surface area contributed by atoms with Crippen LogP contribution in [0, 0.1) is 0 Å². The Labute approximate surface area is 166 Å². The fourth-order valence-electron chi connectivity index (χ4n) is 3.53. The number of rotatable bonds is 7. The molecule has 2 aromatic rings. The number of nitrogens with one attached hydrogen (secondary N) is 1. The normalized spacial score (nSPS) is 18.1. The number of sulfonamides is 1. The molecule has 1 aliphatic rings. The predicted molar refractivity (Wildman–Crippen MR) is 108 cm³/mol. The molecule has 1 saturated heterocycles. The molecule has 2 atom stereocenters. The average Bonchev–Trinajstić information content (AvgIpc) is 3.18. The van der Waals surface area contributed by atoms with Crippen LogP contribution in [0.2, 0.25) is 0 Å². The van der Waals surface area contributed by atoms with Crippen LogP contribution in [0.15, 0.2) is 59.5 Å². The van der Waals surface area contributed by atoms with E-state index in [1.54, 1.807) is 30.0 Å². The van der Waals surface area contributed by atoms with Gasteiger partial charge >= 0.3 is 0 Å². The largest absolute Gasteiger partial charge is 0.494 e. The van der Waals surface area contributed by atoms with Crippen LogP contribution in [0.1, 0.15) is 38.3 Å². The SMILES string of the molecule is CCOc1ccc(C2CCCN2C(=O)[C@H](C)NS(=O)(=O)c2ccccc2)cc1. The van der Waals surface area contributed by atoms with Crippen molar-refractivity contribution >= 4 is 15.9 Å². The van der Waals surface area contributed by atoms with Crippen LogP contribution in [0.5, 0.6) is 5.75 Å². The van der Waals surface area contributed by atoms with Crippen LogP contribution in [0.4, 0.5) is 0 Å². The van der Waals surface area contributed by atoms with Gasteiger partial charge in [-0.1, -0.05) is 30.3 Å². The van der Waals surface area contributed by atoms with E-state index in [1.807, 2.05) is 31.2 Å². The summed E-state index contributed by atoms with van der Waals surface area (Å²) in [5, 5.41) is 0. The minimum absolute atomic E-state index is 0.0492. The second kappa shape index (κ2) is 8.75. The van der Waals surface area contributed by atoms with E-state index in [0.717, 1.165) is 24.2 Å². The molecular weight excluding hydrogens is 376 g/mol. The Morgan fingerprint density at radius 2 is 1.86 bits per heavy atom. The molecule has 1 amide bonds. The molecule has 0 spiro atoms. The third kappa shape index (κ3) is 4.54. The van der Waals surface area contributed by atoms with Gasteiger partial charge in [0.2, 0.25) is 15.9 Å². The first kappa shape index (κ1) is 20.4. The molecule has 1 unspecified atom stereocenters. The summed E-state index contributed by atoms with van der Waals surface area (Å²) < 4.78 is 33.0. The monoisotopic (exact) mass is 402 g/mol. The molecule has 1 aliphatic heterocycles. The Hall–Kier alpha value is -2.38. The summed E-state index contributed by atoms with van der Waals surface area (Å²) in [5.74, 6) is 0.585. The summed E-state index contributed by atoms with van der Waals surface area (Å²) in [6, 6.07) is 14.9. The lowest BCUT2D eigenvalue weighted by Crippen LogP contribution is -2.46. The van der Waals surface area contributed by atoms with E-state index in [4.69, 9.17) is 4.74 Å². The molecule has 7 heteroatoms. The molecule has 6 nitrogen and oxygen atoms in total. The average molecular weight is 403 g/mol. The molecule has 150 valence electrons. The highest BCUT2D eigenvalue weighted by molar-refractivity contribution is 7.89. The molecule has 0 aliphatic carbocycles. The van der Waals surface area contributed by atoms with E-state index < -0.39 is 16.1 Å². The first-order valence-electron chi connectivity index (χ1n) is 9.53. The van der Waals surface area contributed by atoms with Crippen LogP contribution in [0.25, 0.3) is 0 Å². The highest BCUT2D eigenvalue weighted by Gasteiger charge is 2.34. The van der Waals surface area contributed by atoms with Crippen molar-refractivity contribution in [3.63, 3.8) is 0 Å². The van der Waals surface area contributed by atoms with Gasteiger partial charge in [-0.15, -0.1) is 0 Å². The van der Waals surface area contributed by atoms with Crippen LogP contribution in [-0.2, 0) is 14.8 Å². The van der Waals surface area contributed by atoms with Gasteiger partial charge in [-0.25, -0.2) is 8.42 Å². The van der Waals surface area contributed by atoms with Gasteiger partial charge in [0, 0.05) is 6.54 Å². The fourth-order valence-corrected chi connectivity index (χ4v) is 4.75. The number of hydrogen-bond acceptors (Lipinski definition) is 4. The van der Waals surface area contributed by atoms with E-state index >= 15 is 0 Å². The maximum Gasteiger partial charge on any atom is 0.241 e. The van der Waals surface area contributed by atoms with Crippen molar-refractivity contribution in [2.75, 3.05) is 13.2 Å². The van der Waals surface area contributed by atoms with E-state index in [-0.39, 0.29) is 16.8 Å². The Morgan fingerprint density at radius 3 is 2.50 bits per heavy atom. The molecule has 28 heavy (non-hydrogen) atoms. The quantitative estimate of drug-likeness (QED) is 0.772. The molecular formula is C21H26N2O4S. The van der Waals surface area contributed by atoms with Gasteiger partial charge in [-0.3, -0.25) is 4.79 Å². The molecule has 2 aromatic carbocycles. The Morgan fingerprint density at radius 1 is 1.18 bits per heavy atom. The number of ether oxygens (including phenoxy) is 1. The zero-order valence-electron chi connectivity index (χ0n) is 16.2. The van der Waals surface area contributed by atoms with Gasteiger partial charge in [0.05, 0.1) is 23.6 Å². The summed E-state index contributed by atoms with van der Waals surface area (Å²) in [4.78, 5) is 14.9.